The lowest BCUT2D eigenvalue weighted by Crippen LogP contribution is -2.47. The fraction of sp³-hybridized carbons (Fsp3) is 0.355. The van der Waals surface area contributed by atoms with Gasteiger partial charge in [0.25, 0.3) is 5.91 Å². The summed E-state index contributed by atoms with van der Waals surface area (Å²) in [5, 5.41) is 0. The zero-order valence-electron chi connectivity index (χ0n) is 22.5. The van der Waals surface area contributed by atoms with Crippen LogP contribution in [0.4, 0.5) is 19.3 Å². The van der Waals surface area contributed by atoms with Gasteiger partial charge in [-0.2, -0.15) is 0 Å². The van der Waals surface area contributed by atoms with E-state index in [1.54, 1.807) is 32.9 Å². The number of imide groups is 1. The second-order valence-electron chi connectivity index (χ2n) is 9.95. The summed E-state index contributed by atoms with van der Waals surface area (Å²) in [6.45, 7) is 6.42. The number of hydrogen-bond donors (Lipinski definition) is 0. The van der Waals surface area contributed by atoms with E-state index in [9.17, 15) is 18.4 Å². The van der Waals surface area contributed by atoms with Gasteiger partial charge in [-0.05, 0) is 86.7 Å². The number of anilines is 1. The van der Waals surface area contributed by atoms with Crippen LogP contribution in [-0.4, -0.2) is 48.7 Å². The molecule has 1 unspecified atom stereocenters. The first-order valence-corrected chi connectivity index (χ1v) is 13.2. The Bertz CT molecular complexity index is 1300. The lowest BCUT2D eigenvalue weighted by molar-refractivity contribution is -0.136. The molecule has 0 aromatic heterocycles. The Morgan fingerprint density at radius 2 is 1.72 bits per heavy atom. The Morgan fingerprint density at radius 1 is 1.03 bits per heavy atom. The van der Waals surface area contributed by atoms with Crippen molar-refractivity contribution in [3.05, 3.63) is 95.1 Å². The molecule has 0 bridgehead atoms. The summed E-state index contributed by atoms with van der Waals surface area (Å²) in [7, 11) is 0. The van der Waals surface area contributed by atoms with Crippen molar-refractivity contribution in [2.24, 2.45) is 0 Å². The zero-order chi connectivity index (χ0) is 27.9. The van der Waals surface area contributed by atoms with E-state index in [1.165, 1.54) is 18.2 Å². The lowest BCUT2D eigenvalue weighted by atomic mass is 10.1. The third-order valence-corrected chi connectivity index (χ3v) is 6.90. The molecule has 4 rings (SSSR count). The molecule has 8 heteroatoms. The number of nitrogens with zero attached hydrogens (tertiary/aromatic N) is 2. The highest BCUT2D eigenvalue weighted by Gasteiger charge is 2.39. The van der Waals surface area contributed by atoms with Gasteiger partial charge in [-0.3, -0.25) is 4.79 Å². The van der Waals surface area contributed by atoms with E-state index < -0.39 is 24.1 Å². The number of cyclic esters (lactones) is 1. The quantitative estimate of drug-likeness (QED) is 0.291. The number of ether oxygens (including phenoxy) is 2. The van der Waals surface area contributed by atoms with Crippen molar-refractivity contribution in [2.75, 3.05) is 24.6 Å². The van der Waals surface area contributed by atoms with Crippen LogP contribution in [0.2, 0.25) is 0 Å². The minimum absolute atomic E-state index is 0.131. The predicted molar refractivity (Wildman–Crippen MR) is 146 cm³/mol. The van der Waals surface area contributed by atoms with Crippen molar-refractivity contribution in [1.29, 1.82) is 0 Å². The van der Waals surface area contributed by atoms with Gasteiger partial charge in [0.05, 0.1) is 6.04 Å². The summed E-state index contributed by atoms with van der Waals surface area (Å²) < 4.78 is 38.7. The maximum atomic E-state index is 13.9. The number of para-hydroxylation sites is 1. The van der Waals surface area contributed by atoms with Gasteiger partial charge in [0, 0.05) is 25.2 Å². The number of rotatable bonds is 11. The van der Waals surface area contributed by atoms with Crippen LogP contribution in [0.1, 0.15) is 36.5 Å². The fourth-order valence-corrected chi connectivity index (χ4v) is 4.68. The first kappa shape index (κ1) is 28.1. The molecular formula is C31H34F2N2O4. The number of amides is 2. The van der Waals surface area contributed by atoms with E-state index in [1.807, 2.05) is 36.4 Å². The standard InChI is InChI=1S/C31H34F2N2O4/c1-21-18-24(11-13-27(21)32)8-7-16-34(25-9-5-4-6-10-25)17-15-29(30(36)35-23(3)20-38-31(35)37)39-26-12-14-28(33)22(2)19-26/h4-6,9-14,18-19,23,29H,7-8,15-17,20H2,1-3H3/t23?,29-/m1/s1. The van der Waals surface area contributed by atoms with Crippen LogP contribution in [0.5, 0.6) is 5.75 Å². The van der Waals surface area contributed by atoms with Crippen molar-refractivity contribution < 1.29 is 27.8 Å². The number of carbonyl (C=O) groups is 2. The topological polar surface area (TPSA) is 59.1 Å². The normalized spacial score (nSPS) is 15.7. The Morgan fingerprint density at radius 3 is 2.36 bits per heavy atom. The minimum Gasteiger partial charge on any atom is -0.481 e. The molecule has 2 atom stereocenters. The summed E-state index contributed by atoms with van der Waals surface area (Å²) in [5.74, 6) is -0.714. The number of benzene rings is 3. The van der Waals surface area contributed by atoms with Crippen molar-refractivity contribution in [3.63, 3.8) is 0 Å². The highest BCUT2D eigenvalue weighted by Crippen LogP contribution is 2.23. The van der Waals surface area contributed by atoms with Crippen LogP contribution in [0, 0.1) is 25.5 Å². The molecule has 1 aliphatic rings. The van der Waals surface area contributed by atoms with E-state index in [4.69, 9.17) is 9.47 Å². The van der Waals surface area contributed by atoms with Crippen molar-refractivity contribution in [2.45, 2.75) is 52.2 Å². The maximum absolute atomic E-state index is 13.9. The van der Waals surface area contributed by atoms with Crippen LogP contribution in [0.3, 0.4) is 0 Å². The lowest BCUT2D eigenvalue weighted by Gasteiger charge is -2.29. The first-order chi connectivity index (χ1) is 18.7. The highest BCUT2D eigenvalue weighted by atomic mass is 19.1. The number of halogens is 2. The van der Waals surface area contributed by atoms with Gasteiger partial charge in [0.2, 0.25) is 0 Å². The molecule has 0 saturated carbocycles. The molecular weight excluding hydrogens is 502 g/mol. The van der Waals surface area contributed by atoms with Gasteiger partial charge < -0.3 is 14.4 Å². The van der Waals surface area contributed by atoms with Crippen molar-refractivity contribution >= 4 is 17.7 Å². The smallest absolute Gasteiger partial charge is 0.417 e. The summed E-state index contributed by atoms with van der Waals surface area (Å²) in [6.07, 6.45) is 0.206. The monoisotopic (exact) mass is 536 g/mol. The highest BCUT2D eigenvalue weighted by molar-refractivity contribution is 5.96. The van der Waals surface area contributed by atoms with Crippen LogP contribution >= 0.6 is 0 Å². The van der Waals surface area contributed by atoms with Crippen LogP contribution in [0.25, 0.3) is 0 Å². The second-order valence-corrected chi connectivity index (χ2v) is 9.95. The molecule has 1 fully saturated rings. The molecule has 1 aliphatic heterocycles. The number of carbonyl (C=O) groups excluding carboxylic acids is 2. The average molecular weight is 537 g/mol. The molecule has 206 valence electrons. The predicted octanol–water partition coefficient (Wildman–Crippen LogP) is 6.23. The van der Waals surface area contributed by atoms with Crippen molar-refractivity contribution in [1.82, 2.24) is 4.90 Å². The van der Waals surface area contributed by atoms with Gasteiger partial charge in [-0.25, -0.2) is 18.5 Å². The largest absolute Gasteiger partial charge is 0.481 e. The molecule has 0 radical (unpaired) electrons. The number of aryl methyl sites for hydroxylation is 3. The molecule has 0 spiro atoms. The third-order valence-electron chi connectivity index (χ3n) is 6.90. The van der Waals surface area contributed by atoms with Gasteiger partial charge in [0.1, 0.15) is 24.0 Å². The summed E-state index contributed by atoms with van der Waals surface area (Å²) >= 11 is 0. The van der Waals surface area contributed by atoms with E-state index in [0.717, 1.165) is 29.0 Å². The van der Waals surface area contributed by atoms with Gasteiger partial charge >= 0.3 is 6.09 Å². The molecule has 39 heavy (non-hydrogen) atoms. The fourth-order valence-electron chi connectivity index (χ4n) is 4.68. The van der Waals surface area contributed by atoms with Gasteiger partial charge in [-0.1, -0.05) is 30.3 Å². The first-order valence-electron chi connectivity index (χ1n) is 13.2. The van der Waals surface area contributed by atoms with Crippen LogP contribution < -0.4 is 9.64 Å². The molecule has 3 aromatic carbocycles. The van der Waals surface area contributed by atoms with E-state index in [2.05, 4.69) is 4.90 Å². The van der Waals surface area contributed by atoms with E-state index in [0.29, 0.717) is 30.0 Å². The minimum atomic E-state index is -0.978. The van der Waals surface area contributed by atoms with Crippen molar-refractivity contribution in [3.8, 4) is 5.75 Å². The average Bonchev–Trinajstić information content (AvgIpc) is 3.26. The second kappa shape index (κ2) is 12.7. The summed E-state index contributed by atoms with van der Waals surface area (Å²) in [4.78, 5) is 29.1. The maximum Gasteiger partial charge on any atom is 0.417 e. The molecule has 0 N–H and O–H groups in total. The third kappa shape index (κ3) is 7.13. The molecule has 0 aliphatic carbocycles. The molecule has 1 heterocycles. The molecule has 6 nitrogen and oxygen atoms in total. The number of hydrogen-bond acceptors (Lipinski definition) is 5. The van der Waals surface area contributed by atoms with E-state index >= 15 is 0 Å². The Balaban J connectivity index is 1.50. The Labute approximate surface area is 228 Å². The summed E-state index contributed by atoms with van der Waals surface area (Å²) in [5.41, 5.74) is 3.07. The van der Waals surface area contributed by atoms with Crippen LogP contribution in [-0.2, 0) is 16.0 Å². The SMILES string of the molecule is Cc1cc(CCCN(CC[C@@H](Oc2ccc(F)c(C)c2)C(=O)N2C(=O)OCC2C)c2ccccc2)ccc1F. The zero-order valence-corrected chi connectivity index (χ0v) is 22.5. The molecule has 2 amide bonds. The van der Waals surface area contributed by atoms with Gasteiger partial charge in [0.15, 0.2) is 6.10 Å². The van der Waals surface area contributed by atoms with E-state index in [-0.39, 0.29) is 24.7 Å². The Kier molecular flexibility index (Phi) is 9.17. The molecule has 3 aromatic rings. The Hall–Kier alpha value is -3.94. The molecule has 1 saturated heterocycles. The summed E-state index contributed by atoms with van der Waals surface area (Å²) in [6, 6.07) is 18.9. The van der Waals surface area contributed by atoms with Crippen LogP contribution in [0.15, 0.2) is 66.7 Å². The van der Waals surface area contributed by atoms with Gasteiger partial charge in [-0.15, -0.1) is 0 Å².